The molecule has 0 saturated heterocycles. The molecule has 0 aliphatic rings. The third kappa shape index (κ3) is 5.41. The molecule has 0 aliphatic heterocycles. The number of hydrogen-bond acceptors (Lipinski definition) is 3. The van der Waals surface area contributed by atoms with Crippen LogP contribution in [0.3, 0.4) is 0 Å². The van der Waals surface area contributed by atoms with Crippen LogP contribution < -0.4 is 5.32 Å². The van der Waals surface area contributed by atoms with Crippen molar-refractivity contribution in [1.29, 1.82) is 0 Å². The van der Waals surface area contributed by atoms with Crippen LogP contribution in [0.1, 0.15) is 37.0 Å². The predicted molar refractivity (Wildman–Crippen MR) is 82.2 cm³/mol. The number of halogens is 2. The van der Waals surface area contributed by atoms with Crippen LogP contribution in [-0.2, 0) is 0 Å². The van der Waals surface area contributed by atoms with Gasteiger partial charge in [0.2, 0.25) is 0 Å². The maximum absolute atomic E-state index is 13.0. The van der Waals surface area contributed by atoms with Crippen molar-refractivity contribution in [2.24, 2.45) is 5.41 Å². The number of carbonyl (C=O) groups excluding carboxylic acids is 1. The molecule has 0 aliphatic carbocycles. The second kappa shape index (κ2) is 7.49. The second-order valence-corrected chi connectivity index (χ2v) is 6.35. The summed E-state index contributed by atoms with van der Waals surface area (Å²) >= 11 is 3.35. The molecule has 1 rings (SSSR count). The SMILES string of the molecule is CC(C)(CCCBr)CNC(=O)c1ccc(F)cc1[N+](=O)[O-]. The number of amides is 1. The Labute approximate surface area is 131 Å². The van der Waals surface area contributed by atoms with Crippen LogP contribution in [-0.4, -0.2) is 22.7 Å². The number of hydrogen-bond donors (Lipinski definition) is 1. The molecule has 1 aromatic carbocycles. The zero-order chi connectivity index (χ0) is 16.0. The van der Waals surface area contributed by atoms with E-state index in [-0.39, 0.29) is 11.0 Å². The van der Waals surface area contributed by atoms with Gasteiger partial charge in [-0.25, -0.2) is 4.39 Å². The largest absolute Gasteiger partial charge is 0.351 e. The monoisotopic (exact) mass is 360 g/mol. The molecule has 0 unspecified atom stereocenters. The average molecular weight is 361 g/mol. The van der Waals surface area contributed by atoms with E-state index in [1.165, 1.54) is 0 Å². The summed E-state index contributed by atoms with van der Waals surface area (Å²) in [4.78, 5) is 22.2. The van der Waals surface area contributed by atoms with E-state index in [2.05, 4.69) is 21.2 Å². The van der Waals surface area contributed by atoms with Gasteiger partial charge in [-0.3, -0.25) is 14.9 Å². The Kier molecular flexibility index (Phi) is 6.26. The molecule has 0 atom stereocenters. The summed E-state index contributed by atoms with van der Waals surface area (Å²) in [5.41, 5.74) is -0.762. The molecule has 7 heteroatoms. The maximum atomic E-state index is 13.0. The number of benzene rings is 1. The molecule has 116 valence electrons. The molecule has 0 spiro atoms. The Hall–Kier alpha value is -1.50. The molecular formula is C14H18BrFN2O3. The number of rotatable bonds is 7. The van der Waals surface area contributed by atoms with Gasteiger partial charge in [0.1, 0.15) is 11.4 Å². The Morgan fingerprint density at radius 1 is 1.48 bits per heavy atom. The molecule has 5 nitrogen and oxygen atoms in total. The van der Waals surface area contributed by atoms with E-state index in [1.807, 2.05) is 13.8 Å². The highest BCUT2D eigenvalue weighted by Crippen LogP contribution is 2.23. The van der Waals surface area contributed by atoms with Crippen molar-refractivity contribution in [1.82, 2.24) is 5.32 Å². The minimum absolute atomic E-state index is 0.113. The van der Waals surface area contributed by atoms with E-state index in [0.29, 0.717) is 6.54 Å². The minimum atomic E-state index is -0.756. The van der Waals surface area contributed by atoms with E-state index in [1.54, 1.807) is 0 Å². The fourth-order valence-electron chi connectivity index (χ4n) is 1.90. The van der Waals surface area contributed by atoms with Crippen molar-refractivity contribution >= 4 is 27.5 Å². The third-order valence-electron chi connectivity index (χ3n) is 3.12. The molecule has 0 saturated carbocycles. The summed E-state index contributed by atoms with van der Waals surface area (Å²) in [5.74, 6) is -1.30. The topological polar surface area (TPSA) is 72.2 Å². The molecule has 0 radical (unpaired) electrons. The maximum Gasteiger partial charge on any atom is 0.285 e. The van der Waals surface area contributed by atoms with Gasteiger partial charge in [0.05, 0.1) is 11.0 Å². The Morgan fingerprint density at radius 2 is 2.14 bits per heavy atom. The third-order valence-corrected chi connectivity index (χ3v) is 3.68. The summed E-state index contributed by atoms with van der Waals surface area (Å²) in [6.07, 6.45) is 1.88. The van der Waals surface area contributed by atoms with Gasteiger partial charge in [-0.05, 0) is 30.4 Å². The summed E-state index contributed by atoms with van der Waals surface area (Å²) in [6, 6.07) is 2.93. The fourth-order valence-corrected chi connectivity index (χ4v) is 2.18. The molecule has 0 aromatic heterocycles. The van der Waals surface area contributed by atoms with Crippen LogP contribution >= 0.6 is 15.9 Å². The fraction of sp³-hybridized carbons (Fsp3) is 0.500. The molecule has 0 bridgehead atoms. The molecule has 21 heavy (non-hydrogen) atoms. The van der Waals surface area contributed by atoms with Crippen molar-refractivity contribution in [3.63, 3.8) is 0 Å². The molecule has 0 heterocycles. The summed E-state index contributed by atoms with van der Waals surface area (Å²) < 4.78 is 13.0. The highest BCUT2D eigenvalue weighted by Gasteiger charge is 2.23. The van der Waals surface area contributed by atoms with Crippen molar-refractivity contribution in [2.45, 2.75) is 26.7 Å². The van der Waals surface area contributed by atoms with Crippen LogP contribution in [0, 0.1) is 21.3 Å². The summed E-state index contributed by atoms with van der Waals surface area (Å²) in [5, 5.41) is 14.4. The minimum Gasteiger partial charge on any atom is -0.351 e. The summed E-state index contributed by atoms with van der Waals surface area (Å²) in [7, 11) is 0. The molecular weight excluding hydrogens is 343 g/mol. The Balaban J connectivity index is 2.79. The van der Waals surface area contributed by atoms with Crippen LogP contribution in [0.5, 0.6) is 0 Å². The highest BCUT2D eigenvalue weighted by molar-refractivity contribution is 9.09. The van der Waals surface area contributed by atoms with Crippen molar-refractivity contribution in [3.05, 3.63) is 39.7 Å². The van der Waals surface area contributed by atoms with Gasteiger partial charge in [0.25, 0.3) is 11.6 Å². The lowest BCUT2D eigenvalue weighted by molar-refractivity contribution is -0.385. The number of nitrogens with zero attached hydrogens (tertiary/aromatic N) is 1. The van der Waals surface area contributed by atoms with Gasteiger partial charge in [0, 0.05) is 11.9 Å². The first-order valence-electron chi connectivity index (χ1n) is 6.55. The number of nitrogens with one attached hydrogen (secondary N) is 1. The molecule has 1 aromatic rings. The van der Waals surface area contributed by atoms with Gasteiger partial charge in [-0.15, -0.1) is 0 Å². The van der Waals surface area contributed by atoms with E-state index < -0.39 is 22.3 Å². The van der Waals surface area contributed by atoms with Crippen LogP contribution in [0.2, 0.25) is 0 Å². The van der Waals surface area contributed by atoms with Crippen LogP contribution in [0.4, 0.5) is 10.1 Å². The van der Waals surface area contributed by atoms with Gasteiger partial charge in [0.15, 0.2) is 0 Å². The van der Waals surface area contributed by atoms with E-state index >= 15 is 0 Å². The summed E-state index contributed by atoms with van der Waals surface area (Å²) in [6.45, 7) is 4.41. The zero-order valence-electron chi connectivity index (χ0n) is 12.0. The standard InChI is InChI=1S/C14H18BrFN2O3/c1-14(2,6-3-7-15)9-17-13(19)11-5-4-10(16)8-12(11)18(20)21/h4-5,8H,3,6-7,9H2,1-2H3,(H,17,19). The first-order valence-corrected chi connectivity index (χ1v) is 7.67. The smallest absolute Gasteiger partial charge is 0.285 e. The van der Waals surface area contributed by atoms with Crippen molar-refractivity contribution in [2.75, 3.05) is 11.9 Å². The van der Waals surface area contributed by atoms with Gasteiger partial charge >= 0.3 is 0 Å². The molecule has 0 fully saturated rings. The predicted octanol–water partition coefficient (Wildman–Crippen LogP) is 3.67. The van der Waals surface area contributed by atoms with E-state index in [4.69, 9.17) is 0 Å². The Morgan fingerprint density at radius 3 is 2.71 bits per heavy atom. The van der Waals surface area contributed by atoms with Gasteiger partial charge in [-0.1, -0.05) is 29.8 Å². The average Bonchev–Trinajstić information content (AvgIpc) is 2.42. The van der Waals surface area contributed by atoms with Gasteiger partial charge < -0.3 is 5.32 Å². The molecule has 1 amide bonds. The van der Waals surface area contributed by atoms with E-state index in [9.17, 15) is 19.3 Å². The van der Waals surface area contributed by atoms with Crippen LogP contribution in [0.15, 0.2) is 18.2 Å². The number of alkyl halides is 1. The normalized spacial score (nSPS) is 11.2. The van der Waals surface area contributed by atoms with Crippen molar-refractivity contribution in [3.8, 4) is 0 Å². The zero-order valence-corrected chi connectivity index (χ0v) is 13.6. The number of nitro benzene ring substituents is 1. The highest BCUT2D eigenvalue weighted by atomic mass is 79.9. The lowest BCUT2D eigenvalue weighted by Gasteiger charge is -2.24. The first-order chi connectivity index (χ1) is 9.76. The quantitative estimate of drug-likeness (QED) is 0.458. The van der Waals surface area contributed by atoms with Crippen molar-refractivity contribution < 1.29 is 14.1 Å². The molecule has 1 N–H and O–H groups in total. The number of carbonyl (C=O) groups is 1. The lowest BCUT2D eigenvalue weighted by Crippen LogP contribution is -2.34. The lowest BCUT2D eigenvalue weighted by atomic mass is 9.88. The van der Waals surface area contributed by atoms with Crippen LogP contribution in [0.25, 0.3) is 0 Å². The Bertz CT molecular complexity index is 535. The number of nitro groups is 1. The van der Waals surface area contributed by atoms with E-state index in [0.717, 1.165) is 36.4 Å². The first kappa shape index (κ1) is 17.6. The van der Waals surface area contributed by atoms with Gasteiger partial charge in [-0.2, -0.15) is 0 Å². The second-order valence-electron chi connectivity index (χ2n) is 5.56.